The molecule has 0 aliphatic heterocycles. The minimum Gasteiger partial charge on any atom is -0.482 e. The SMILES string of the molecule is CCOC(=O)COc1cccc(NC(=O)[C@H]2C[C@@H]3CC[C@@H]2C3)c1. The highest BCUT2D eigenvalue weighted by Crippen LogP contribution is 2.48. The van der Waals surface area contributed by atoms with Gasteiger partial charge < -0.3 is 14.8 Å². The summed E-state index contributed by atoms with van der Waals surface area (Å²) in [5.74, 6) is 1.71. The summed E-state index contributed by atoms with van der Waals surface area (Å²) in [6, 6.07) is 7.13. The fourth-order valence-corrected chi connectivity index (χ4v) is 3.81. The molecule has 124 valence electrons. The number of carbonyl (C=O) groups excluding carboxylic acids is 2. The second-order valence-electron chi connectivity index (χ2n) is 6.39. The monoisotopic (exact) mass is 317 g/mol. The van der Waals surface area contributed by atoms with E-state index >= 15 is 0 Å². The fraction of sp³-hybridized carbons (Fsp3) is 0.556. The molecule has 1 amide bonds. The van der Waals surface area contributed by atoms with E-state index in [9.17, 15) is 9.59 Å². The highest BCUT2D eigenvalue weighted by atomic mass is 16.6. The molecule has 5 nitrogen and oxygen atoms in total. The van der Waals surface area contributed by atoms with Crippen LogP contribution in [0.1, 0.15) is 32.6 Å². The van der Waals surface area contributed by atoms with Gasteiger partial charge in [-0.2, -0.15) is 0 Å². The van der Waals surface area contributed by atoms with Crippen LogP contribution in [0.25, 0.3) is 0 Å². The maximum Gasteiger partial charge on any atom is 0.344 e. The Morgan fingerprint density at radius 2 is 2.13 bits per heavy atom. The van der Waals surface area contributed by atoms with E-state index < -0.39 is 5.97 Å². The van der Waals surface area contributed by atoms with Gasteiger partial charge in [-0.25, -0.2) is 4.79 Å². The Morgan fingerprint density at radius 1 is 1.26 bits per heavy atom. The van der Waals surface area contributed by atoms with Crippen molar-refractivity contribution in [2.45, 2.75) is 32.6 Å². The number of anilines is 1. The van der Waals surface area contributed by atoms with Gasteiger partial charge in [0, 0.05) is 17.7 Å². The Labute approximate surface area is 136 Å². The molecule has 1 N–H and O–H groups in total. The van der Waals surface area contributed by atoms with Crippen molar-refractivity contribution < 1.29 is 19.1 Å². The minimum atomic E-state index is -0.399. The lowest BCUT2D eigenvalue weighted by Gasteiger charge is -2.20. The predicted molar refractivity (Wildman–Crippen MR) is 86.1 cm³/mol. The predicted octanol–water partition coefficient (Wildman–Crippen LogP) is 3.00. The molecule has 0 saturated heterocycles. The maximum atomic E-state index is 12.4. The summed E-state index contributed by atoms with van der Waals surface area (Å²) in [5, 5.41) is 2.99. The maximum absolute atomic E-state index is 12.4. The Morgan fingerprint density at radius 3 is 2.83 bits per heavy atom. The van der Waals surface area contributed by atoms with E-state index in [0.717, 1.165) is 12.3 Å². The highest BCUT2D eigenvalue weighted by Gasteiger charge is 2.42. The summed E-state index contributed by atoms with van der Waals surface area (Å²) in [4.78, 5) is 23.8. The number of nitrogens with one attached hydrogen (secondary N) is 1. The quantitative estimate of drug-likeness (QED) is 0.819. The second-order valence-corrected chi connectivity index (χ2v) is 6.39. The number of ether oxygens (including phenoxy) is 2. The molecular formula is C18H23NO4. The molecule has 1 aromatic carbocycles. The number of amides is 1. The topological polar surface area (TPSA) is 64.6 Å². The van der Waals surface area contributed by atoms with Gasteiger partial charge in [0.05, 0.1) is 6.61 Å². The van der Waals surface area contributed by atoms with Crippen LogP contribution < -0.4 is 10.1 Å². The van der Waals surface area contributed by atoms with E-state index in [4.69, 9.17) is 9.47 Å². The van der Waals surface area contributed by atoms with Gasteiger partial charge in [0.25, 0.3) is 0 Å². The van der Waals surface area contributed by atoms with E-state index in [1.807, 2.05) is 6.07 Å². The van der Waals surface area contributed by atoms with Gasteiger partial charge in [-0.15, -0.1) is 0 Å². The van der Waals surface area contributed by atoms with Crippen LogP contribution >= 0.6 is 0 Å². The molecule has 2 aliphatic rings. The third-order valence-electron chi connectivity index (χ3n) is 4.84. The van der Waals surface area contributed by atoms with Crippen molar-refractivity contribution in [3.05, 3.63) is 24.3 Å². The summed E-state index contributed by atoms with van der Waals surface area (Å²) in [5.41, 5.74) is 0.708. The lowest BCUT2D eigenvalue weighted by Crippen LogP contribution is -2.27. The number of carbonyl (C=O) groups is 2. The van der Waals surface area contributed by atoms with Gasteiger partial charge in [-0.3, -0.25) is 4.79 Å². The first-order valence-corrected chi connectivity index (χ1v) is 8.35. The van der Waals surface area contributed by atoms with Crippen molar-refractivity contribution in [2.24, 2.45) is 17.8 Å². The number of benzene rings is 1. The van der Waals surface area contributed by atoms with Crippen LogP contribution in [0.5, 0.6) is 5.75 Å². The first kappa shape index (κ1) is 15.8. The Hall–Kier alpha value is -2.04. The van der Waals surface area contributed by atoms with Crippen molar-refractivity contribution in [2.75, 3.05) is 18.5 Å². The van der Waals surface area contributed by atoms with Crippen molar-refractivity contribution in [3.8, 4) is 5.75 Å². The lowest BCUT2D eigenvalue weighted by molar-refractivity contribution is -0.145. The van der Waals surface area contributed by atoms with Gasteiger partial charge in [0.2, 0.25) is 5.91 Å². The molecule has 23 heavy (non-hydrogen) atoms. The Kier molecular flexibility index (Phi) is 4.84. The Balaban J connectivity index is 1.55. The lowest BCUT2D eigenvalue weighted by atomic mass is 9.88. The molecule has 2 saturated carbocycles. The number of rotatable bonds is 6. The summed E-state index contributed by atoms with van der Waals surface area (Å²) in [6.07, 6.45) is 4.70. The number of hydrogen-bond acceptors (Lipinski definition) is 4. The average Bonchev–Trinajstić information content (AvgIpc) is 3.17. The smallest absolute Gasteiger partial charge is 0.344 e. The van der Waals surface area contributed by atoms with Gasteiger partial charge in [-0.1, -0.05) is 12.5 Å². The van der Waals surface area contributed by atoms with E-state index in [1.165, 1.54) is 19.3 Å². The van der Waals surface area contributed by atoms with Crippen molar-refractivity contribution in [3.63, 3.8) is 0 Å². The van der Waals surface area contributed by atoms with Crippen LogP contribution in [-0.4, -0.2) is 25.1 Å². The zero-order valence-corrected chi connectivity index (χ0v) is 13.4. The normalized spacial score (nSPS) is 25.2. The van der Waals surface area contributed by atoms with E-state index in [1.54, 1.807) is 25.1 Å². The summed E-state index contributed by atoms with van der Waals surface area (Å²) >= 11 is 0. The van der Waals surface area contributed by atoms with Gasteiger partial charge in [-0.05, 0) is 50.2 Å². The van der Waals surface area contributed by atoms with E-state index in [2.05, 4.69) is 5.32 Å². The molecule has 2 bridgehead atoms. The fourth-order valence-electron chi connectivity index (χ4n) is 3.81. The van der Waals surface area contributed by atoms with Crippen molar-refractivity contribution in [1.29, 1.82) is 0 Å². The molecule has 1 aromatic rings. The molecule has 2 aliphatic carbocycles. The highest BCUT2D eigenvalue weighted by molar-refractivity contribution is 5.93. The number of hydrogen-bond donors (Lipinski definition) is 1. The van der Waals surface area contributed by atoms with Crippen molar-refractivity contribution >= 4 is 17.6 Å². The third kappa shape index (κ3) is 3.84. The summed E-state index contributed by atoms with van der Waals surface area (Å²) < 4.78 is 10.2. The van der Waals surface area contributed by atoms with Crippen LogP contribution in [0.3, 0.4) is 0 Å². The molecule has 0 radical (unpaired) electrons. The standard InChI is InChI=1S/C18H23NO4/c1-2-22-17(20)11-23-15-5-3-4-14(10-15)19-18(21)16-9-12-6-7-13(16)8-12/h3-5,10,12-13,16H,2,6-9,11H2,1H3,(H,19,21)/t12-,13-,16+/m1/s1. The third-order valence-corrected chi connectivity index (χ3v) is 4.84. The largest absolute Gasteiger partial charge is 0.482 e. The minimum absolute atomic E-state index is 0.111. The molecule has 3 rings (SSSR count). The van der Waals surface area contributed by atoms with Crippen LogP contribution in [0.4, 0.5) is 5.69 Å². The van der Waals surface area contributed by atoms with E-state index in [-0.39, 0.29) is 18.4 Å². The van der Waals surface area contributed by atoms with Crippen LogP contribution in [-0.2, 0) is 14.3 Å². The molecule has 0 unspecified atom stereocenters. The van der Waals surface area contributed by atoms with Gasteiger partial charge in [0.15, 0.2) is 6.61 Å². The van der Waals surface area contributed by atoms with Crippen LogP contribution in [0.2, 0.25) is 0 Å². The van der Waals surface area contributed by atoms with Crippen molar-refractivity contribution in [1.82, 2.24) is 0 Å². The first-order chi connectivity index (χ1) is 11.2. The zero-order valence-electron chi connectivity index (χ0n) is 13.4. The first-order valence-electron chi connectivity index (χ1n) is 8.35. The van der Waals surface area contributed by atoms with E-state index in [0.29, 0.717) is 24.0 Å². The number of esters is 1. The second kappa shape index (κ2) is 7.02. The average molecular weight is 317 g/mol. The molecule has 2 fully saturated rings. The molecule has 0 aromatic heterocycles. The molecule has 3 atom stereocenters. The van der Waals surface area contributed by atoms with Gasteiger partial charge >= 0.3 is 5.97 Å². The zero-order chi connectivity index (χ0) is 16.2. The summed E-state index contributed by atoms with van der Waals surface area (Å²) in [6.45, 7) is 1.96. The molecule has 0 heterocycles. The summed E-state index contributed by atoms with van der Waals surface area (Å²) in [7, 11) is 0. The van der Waals surface area contributed by atoms with Crippen LogP contribution in [0.15, 0.2) is 24.3 Å². The Bertz CT molecular complexity index is 586. The van der Waals surface area contributed by atoms with Gasteiger partial charge in [0.1, 0.15) is 5.75 Å². The van der Waals surface area contributed by atoms with Crippen LogP contribution in [0, 0.1) is 17.8 Å². The molecule has 0 spiro atoms. The number of fused-ring (bicyclic) bond motifs is 2. The molecular weight excluding hydrogens is 294 g/mol. The molecule has 5 heteroatoms.